The number of amides is 2. The summed E-state index contributed by atoms with van der Waals surface area (Å²) in [7, 11) is -4.07. The van der Waals surface area contributed by atoms with Gasteiger partial charge in [0, 0.05) is 0 Å². The van der Waals surface area contributed by atoms with Gasteiger partial charge in [-0.05, 0) is 26.0 Å². The Morgan fingerprint density at radius 2 is 2.00 bits per heavy atom. The summed E-state index contributed by atoms with van der Waals surface area (Å²) in [6, 6.07) is 5.76. The monoisotopic (exact) mass is 409 g/mol. The van der Waals surface area contributed by atoms with Gasteiger partial charge in [0.1, 0.15) is 16.3 Å². The van der Waals surface area contributed by atoms with Crippen LogP contribution in [-0.2, 0) is 19.6 Å². The van der Waals surface area contributed by atoms with Gasteiger partial charge in [0.2, 0.25) is 5.91 Å². The van der Waals surface area contributed by atoms with Crippen molar-refractivity contribution in [2.75, 3.05) is 18.5 Å². The normalized spacial score (nSPS) is 14.7. The number of thiazole rings is 1. The van der Waals surface area contributed by atoms with E-state index in [1.807, 2.05) is 0 Å². The van der Waals surface area contributed by atoms with Crippen LogP contribution in [0.15, 0.2) is 29.2 Å². The molecule has 2 amide bonds. The van der Waals surface area contributed by atoms with Crippen molar-refractivity contribution in [1.29, 1.82) is 0 Å². The number of esters is 1. The Morgan fingerprint density at radius 1 is 1.30 bits per heavy atom. The third kappa shape index (κ3) is 3.43. The largest absolute Gasteiger partial charge is 0.462 e. The number of aromatic nitrogens is 1. The Morgan fingerprint density at radius 3 is 2.67 bits per heavy atom. The highest BCUT2D eigenvalue weighted by Crippen LogP contribution is 2.30. The lowest BCUT2D eigenvalue weighted by Gasteiger charge is -2.13. The highest BCUT2D eigenvalue weighted by molar-refractivity contribution is 7.90. The first-order valence-electron chi connectivity index (χ1n) is 7.86. The zero-order valence-electron chi connectivity index (χ0n) is 14.4. The van der Waals surface area contributed by atoms with Crippen LogP contribution in [0.4, 0.5) is 5.13 Å². The summed E-state index contributed by atoms with van der Waals surface area (Å²) in [6.45, 7) is 2.77. The summed E-state index contributed by atoms with van der Waals surface area (Å²) < 4.78 is 30.3. The fraction of sp³-hybridized carbons (Fsp3) is 0.250. The molecule has 0 bridgehead atoms. The maximum Gasteiger partial charge on any atom is 0.350 e. The van der Waals surface area contributed by atoms with Crippen LogP contribution in [0.1, 0.15) is 32.6 Å². The predicted octanol–water partition coefficient (Wildman–Crippen LogP) is 1.41. The van der Waals surface area contributed by atoms with Crippen LogP contribution in [0.25, 0.3) is 0 Å². The quantitative estimate of drug-likeness (QED) is 0.741. The maximum absolute atomic E-state index is 12.5. The van der Waals surface area contributed by atoms with Gasteiger partial charge in [-0.15, -0.1) is 0 Å². The third-order valence-electron chi connectivity index (χ3n) is 3.70. The fourth-order valence-corrected chi connectivity index (χ4v) is 4.91. The summed E-state index contributed by atoms with van der Waals surface area (Å²) in [5.74, 6) is -2.06. The topological polar surface area (TPSA) is 123 Å². The number of hydrogen-bond acceptors (Lipinski definition) is 8. The number of ether oxygens (including phenoxy) is 1. The van der Waals surface area contributed by atoms with E-state index in [-0.39, 0.29) is 27.1 Å². The van der Waals surface area contributed by atoms with E-state index in [0.29, 0.717) is 10.00 Å². The minimum Gasteiger partial charge on any atom is -0.462 e. The zero-order chi connectivity index (χ0) is 19.8. The molecule has 0 aliphatic carbocycles. The number of carbonyl (C=O) groups is 3. The van der Waals surface area contributed by atoms with E-state index >= 15 is 0 Å². The Hall–Kier alpha value is -2.79. The number of nitrogens with zero attached hydrogens (tertiary/aromatic N) is 2. The number of nitrogens with one attached hydrogen (secondary N) is 1. The van der Waals surface area contributed by atoms with Gasteiger partial charge in [-0.25, -0.2) is 22.5 Å². The molecule has 1 aliphatic heterocycles. The number of benzene rings is 1. The predicted molar refractivity (Wildman–Crippen MR) is 96.1 cm³/mol. The van der Waals surface area contributed by atoms with E-state index in [1.54, 1.807) is 19.9 Å². The standard InChI is InChI=1S/C16H15N3O6S2/c1-3-25-15(22)13-9(2)17-16(26-13)18-12(20)8-19-14(21)10-6-4-5-7-11(10)27(19,23)24/h4-7H,3,8H2,1-2H3,(H,17,18,20). The molecule has 0 fully saturated rings. The molecule has 0 saturated carbocycles. The Kier molecular flexibility index (Phi) is 4.98. The van der Waals surface area contributed by atoms with Crippen molar-refractivity contribution < 1.29 is 27.5 Å². The van der Waals surface area contributed by atoms with Crippen molar-refractivity contribution in [3.63, 3.8) is 0 Å². The summed E-state index contributed by atoms with van der Waals surface area (Å²) >= 11 is 0.911. The molecule has 0 radical (unpaired) electrons. The zero-order valence-corrected chi connectivity index (χ0v) is 16.0. The first kappa shape index (κ1) is 19.0. The smallest absolute Gasteiger partial charge is 0.350 e. The summed E-state index contributed by atoms with van der Waals surface area (Å²) in [5, 5.41) is 2.53. The van der Waals surface area contributed by atoms with Crippen molar-refractivity contribution in [1.82, 2.24) is 9.29 Å². The first-order valence-corrected chi connectivity index (χ1v) is 10.1. The lowest BCUT2D eigenvalue weighted by atomic mass is 10.2. The van der Waals surface area contributed by atoms with Crippen molar-refractivity contribution in [3.8, 4) is 0 Å². The molecule has 1 aromatic carbocycles. The van der Waals surface area contributed by atoms with E-state index in [1.165, 1.54) is 18.2 Å². The van der Waals surface area contributed by atoms with Crippen LogP contribution in [0.5, 0.6) is 0 Å². The fourth-order valence-electron chi connectivity index (χ4n) is 2.51. The van der Waals surface area contributed by atoms with E-state index in [9.17, 15) is 22.8 Å². The maximum atomic E-state index is 12.5. The highest BCUT2D eigenvalue weighted by Gasteiger charge is 2.41. The van der Waals surface area contributed by atoms with Crippen LogP contribution < -0.4 is 5.32 Å². The van der Waals surface area contributed by atoms with Gasteiger partial charge in [-0.3, -0.25) is 9.59 Å². The molecule has 1 aliphatic rings. The minimum absolute atomic E-state index is 0.0278. The molecule has 1 aromatic heterocycles. The van der Waals surface area contributed by atoms with Crippen LogP contribution in [0.2, 0.25) is 0 Å². The van der Waals surface area contributed by atoms with E-state index in [2.05, 4.69) is 10.3 Å². The average Bonchev–Trinajstić information content (AvgIpc) is 3.07. The number of anilines is 1. The number of hydrogen-bond donors (Lipinski definition) is 1. The number of fused-ring (bicyclic) bond motifs is 1. The lowest BCUT2D eigenvalue weighted by Crippen LogP contribution is -2.37. The second-order valence-corrected chi connectivity index (χ2v) is 8.34. The second kappa shape index (κ2) is 7.08. The molecule has 0 atom stereocenters. The second-order valence-electron chi connectivity index (χ2n) is 5.52. The molecule has 142 valence electrons. The summed E-state index contributed by atoms with van der Waals surface area (Å²) in [6.07, 6.45) is 0. The highest BCUT2D eigenvalue weighted by atomic mass is 32.2. The van der Waals surface area contributed by atoms with Crippen molar-refractivity contribution in [3.05, 3.63) is 40.4 Å². The number of carbonyl (C=O) groups excluding carboxylic acids is 3. The summed E-state index contributed by atoms with van der Waals surface area (Å²) in [5.41, 5.74) is 0.408. The van der Waals surface area contributed by atoms with Gasteiger partial charge in [0.25, 0.3) is 15.9 Å². The van der Waals surface area contributed by atoms with Crippen molar-refractivity contribution in [2.24, 2.45) is 0 Å². The molecule has 0 unspecified atom stereocenters. The molecule has 0 spiro atoms. The van der Waals surface area contributed by atoms with Gasteiger partial charge >= 0.3 is 5.97 Å². The Labute approximate surface area is 159 Å². The SMILES string of the molecule is CCOC(=O)c1sc(NC(=O)CN2C(=O)c3ccccc3S2(=O)=O)nc1C. The molecule has 2 heterocycles. The van der Waals surface area contributed by atoms with Crippen molar-refractivity contribution >= 4 is 44.3 Å². The van der Waals surface area contributed by atoms with Gasteiger partial charge in [0.15, 0.2) is 5.13 Å². The van der Waals surface area contributed by atoms with Crippen LogP contribution >= 0.6 is 11.3 Å². The third-order valence-corrected chi connectivity index (χ3v) is 6.54. The van der Waals surface area contributed by atoms with Crippen LogP contribution in [0, 0.1) is 6.92 Å². The minimum atomic E-state index is -4.07. The first-order chi connectivity index (χ1) is 12.8. The van der Waals surface area contributed by atoms with Gasteiger partial charge in [-0.2, -0.15) is 0 Å². The van der Waals surface area contributed by atoms with Crippen LogP contribution in [-0.4, -0.2) is 48.6 Å². The van der Waals surface area contributed by atoms with Gasteiger partial charge < -0.3 is 10.1 Å². The molecular formula is C16H15N3O6S2. The van der Waals surface area contributed by atoms with E-state index in [0.717, 1.165) is 11.3 Å². The number of aryl methyl sites for hydroxylation is 1. The molecule has 1 N–H and O–H groups in total. The molecule has 9 nitrogen and oxygen atoms in total. The average molecular weight is 409 g/mol. The lowest BCUT2D eigenvalue weighted by molar-refractivity contribution is -0.116. The number of rotatable bonds is 5. The van der Waals surface area contributed by atoms with Crippen LogP contribution in [0.3, 0.4) is 0 Å². The summed E-state index contributed by atoms with van der Waals surface area (Å²) in [4.78, 5) is 40.5. The number of sulfonamides is 1. The molecule has 11 heteroatoms. The molecule has 2 aromatic rings. The molecule has 0 saturated heterocycles. The Balaban J connectivity index is 1.75. The molecule has 27 heavy (non-hydrogen) atoms. The van der Waals surface area contributed by atoms with E-state index < -0.39 is 34.4 Å². The van der Waals surface area contributed by atoms with E-state index in [4.69, 9.17) is 4.74 Å². The molecule has 3 rings (SSSR count). The van der Waals surface area contributed by atoms with Crippen molar-refractivity contribution in [2.45, 2.75) is 18.7 Å². The van der Waals surface area contributed by atoms with Gasteiger partial charge in [-0.1, -0.05) is 23.5 Å². The molecular weight excluding hydrogens is 394 g/mol. The van der Waals surface area contributed by atoms with Gasteiger partial charge in [0.05, 0.1) is 17.9 Å². The Bertz CT molecular complexity index is 1040.